The van der Waals surface area contributed by atoms with Crippen molar-refractivity contribution in [2.45, 2.75) is 0 Å². The van der Waals surface area contributed by atoms with Gasteiger partial charge in [0.05, 0.1) is 11.9 Å². The van der Waals surface area contributed by atoms with E-state index in [1.807, 2.05) is 0 Å². The third-order valence-corrected chi connectivity index (χ3v) is 1.99. The fourth-order valence-corrected chi connectivity index (χ4v) is 1.33. The predicted octanol–water partition coefficient (Wildman–Crippen LogP) is 0.575. The van der Waals surface area contributed by atoms with Gasteiger partial charge in [0.25, 0.3) is 0 Å². The molecular formula is C9H8N4O2. The van der Waals surface area contributed by atoms with Crippen LogP contribution in [0.15, 0.2) is 24.8 Å². The molecule has 0 aliphatic heterocycles. The van der Waals surface area contributed by atoms with Gasteiger partial charge in [0.15, 0.2) is 0 Å². The molecule has 0 atom stereocenters. The van der Waals surface area contributed by atoms with Crippen molar-refractivity contribution in [2.75, 3.05) is 0 Å². The maximum absolute atomic E-state index is 10.9. The van der Waals surface area contributed by atoms with Crippen LogP contribution in [0.2, 0.25) is 0 Å². The van der Waals surface area contributed by atoms with Gasteiger partial charge < -0.3 is 5.11 Å². The van der Waals surface area contributed by atoms with Gasteiger partial charge in [0.2, 0.25) is 0 Å². The molecule has 2 aromatic rings. The van der Waals surface area contributed by atoms with Crippen LogP contribution in [0.5, 0.6) is 0 Å². The minimum absolute atomic E-state index is 0.135. The first kappa shape index (κ1) is 9.32. The summed E-state index contributed by atoms with van der Waals surface area (Å²) in [6.07, 6.45) is 4.23. The normalized spacial score (nSPS) is 10.2. The van der Waals surface area contributed by atoms with Gasteiger partial charge in [-0.15, -0.1) is 0 Å². The summed E-state index contributed by atoms with van der Waals surface area (Å²) >= 11 is 0. The number of carboxylic acid groups (broad SMARTS) is 1. The van der Waals surface area contributed by atoms with Crippen LogP contribution in [-0.2, 0) is 7.05 Å². The first-order chi connectivity index (χ1) is 7.20. The second-order valence-electron chi connectivity index (χ2n) is 2.93. The van der Waals surface area contributed by atoms with Gasteiger partial charge in [-0.05, 0) is 6.07 Å². The average Bonchev–Trinajstić information content (AvgIpc) is 2.61. The monoisotopic (exact) mass is 204 g/mol. The van der Waals surface area contributed by atoms with Crippen LogP contribution in [-0.4, -0.2) is 30.8 Å². The summed E-state index contributed by atoms with van der Waals surface area (Å²) < 4.78 is 1.48. The lowest BCUT2D eigenvalue weighted by Gasteiger charge is -2.01. The van der Waals surface area contributed by atoms with E-state index in [-0.39, 0.29) is 5.56 Å². The Labute approximate surface area is 85.2 Å². The molecule has 15 heavy (non-hydrogen) atoms. The number of rotatable bonds is 2. The number of hydrogen-bond donors (Lipinski definition) is 1. The summed E-state index contributed by atoms with van der Waals surface area (Å²) in [6.45, 7) is 0. The SMILES string of the molecule is Cn1ncc(C(=O)O)c1-c1ccncn1. The van der Waals surface area contributed by atoms with Gasteiger partial charge in [-0.3, -0.25) is 4.68 Å². The molecule has 6 nitrogen and oxygen atoms in total. The minimum Gasteiger partial charge on any atom is -0.478 e. The highest BCUT2D eigenvalue weighted by Crippen LogP contribution is 2.19. The molecule has 2 aromatic heterocycles. The van der Waals surface area contributed by atoms with Gasteiger partial charge in [0, 0.05) is 13.2 Å². The van der Waals surface area contributed by atoms with E-state index in [1.165, 1.54) is 17.2 Å². The smallest absolute Gasteiger partial charge is 0.339 e. The summed E-state index contributed by atoms with van der Waals surface area (Å²) in [4.78, 5) is 18.7. The molecule has 0 saturated heterocycles. The number of aromatic carboxylic acids is 1. The highest BCUT2D eigenvalue weighted by atomic mass is 16.4. The third-order valence-electron chi connectivity index (χ3n) is 1.99. The Morgan fingerprint density at radius 1 is 1.53 bits per heavy atom. The molecule has 76 valence electrons. The van der Waals surface area contributed by atoms with Gasteiger partial charge in [-0.1, -0.05) is 0 Å². The lowest BCUT2D eigenvalue weighted by Crippen LogP contribution is -2.01. The molecule has 0 unspecified atom stereocenters. The molecule has 0 radical (unpaired) electrons. The molecule has 0 aromatic carbocycles. The summed E-state index contributed by atoms with van der Waals surface area (Å²) in [7, 11) is 1.67. The van der Waals surface area contributed by atoms with Gasteiger partial charge in [-0.2, -0.15) is 5.10 Å². The van der Waals surface area contributed by atoms with E-state index in [9.17, 15) is 4.79 Å². The Bertz CT molecular complexity index is 492. The van der Waals surface area contributed by atoms with Crippen molar-refractivity contribution in [1.82, 2.24) is 19.7 Å². The second-order valence-corrected chi connectivity index (χ2v) is 2.93. The number of carbonyl (C=O) groups is 1. The molecule has 1 N–H and O–H groups in total. The number of aromatic nitrogens is 4. The van der Waals surface area contributed by atoms with E-state index in [1.54, 1.807) is 19.3 Å². The highest BCUT2D eigenvalue weighted by Gasteiger charge is 2.17. The minimum atomic E-state index is -1.02. The highest BCUT2D eigenvalue weighted by molar-refractivity contribution is 5.94. The van der Waals surface area contributed by atoms with E-state index >= 15 is 0 Å². The Balaban J connectivity index is 2.62. The van der Waals surface area contributed by atoms with Gasteiger partial charge in [-0.25, -0.2) is 14.8 Å². The number of carboxylic acids is 1. The predicted molar refractivity (Wildman–Crippen MR) is 51.2 cm³/mol. The molecule has 2 heterocycles. The van der Waals surface area contributed by atoms with Crippen LogP contribution in [0.4, 0.5) is 0 Å². The van der Waals surface area contributed by atoms with Crippen molar-refractivity contribution in [3.05, 3.63) is 30.4 Å². The average molecular weight is 204 g/mol. The van der Waals surface area contributed by atoms with Crippen LogP contribution < -0.4 is 0 Å². The van der Waals surface area contributed by atoms with E-state index in [4.69, 9.17) is 5.11 Å². The maximum atomic E-state index is 10.9. The molecule has 0 aliphatic rings. The zero-order valence-corrected chi connectivity index (χ0v) is 7.95. The van der Waals surface area contributed by atoms with Crippen LogP contribution in [0, 0.1) is 0 Å². The largest absolute Gasteiger partial charge is 0.478 e. The van der Waals surface area contributed by atoms with Crippen molar-refractivity contribution in [2.24, 2.45) is 7.05 Å². The summed E-state index contributed by atoms with van der Waals surface area (Å²) in [6, 6.07) is 1.64. The zero-order chi connectivity index (χ0) is 10.8. The van der Waals surface area contributed by atoms with Crippen molar-refractivity contribution in [3.63, 3.8) is 0 Å². The van der Waals surface area contributed by atoms with E-state index in [0.29, 0.717) is 11.4 Å². The lowest BCUT2D eigenvalue weighted by atomic mass is 10.2. The summed E-state index contributed by atoms with van der Waals surface area (Å²) in [5.41, 5.74) is 1.16. The zero-order valence-electron chi connectivity index (χ0n) is 7.95. The fourth-order valence-electron chi connectivity index (χ4n) is 1.33. The van der Waals surface area contributed by atoms with E-state index in [0.717, 1.165) is 0 Å². The number of nitrogens with zero attached hydrogens (tertiary/aromatic N) is 4. The standard InChI is InChI=1S/C9H8N4O2/c1-13-8(6(4-12-13)9(14)15)7-2-3-10-5-11-7/h2-5H,1H3,(H,14,15). The van der Waals surface area contributed by atoms with E-state index < -0.39 is 5.97 Å². The van der Waals surface area contributed by atoms with Crippen LogP contribution in [0.1, 0.15) is 10.4 Å². The van der Waals surface area contributed by atoms with Crippen molar-refractivity contribution in [3.8, 4) is 11.4 Å². The Hall–Kier alpha value is -2.24. The number of hydrogen-bond acceptors (Lipinski definition) is 4. The Morgan fingerprint density at radius 3 is 2.93 bits per heavy atom. The van der Waals surface area contributed by atoms with Crippen LogP contribution in [0.25, 0.3) is 11.4 Å². The second kappa shape index (κ2) is 3.49. The molecule has 0 bridgehead atoms. The molecular weight excluding hydrogens is 196 g/mol. The maximum Gasteiger partial charge on any atom is 0.339 e. The van der Waals surface area contributed by atoms with Gasteiger partial charge >= 0.3 is 5.97 Å². The van der Waals surface area contributed by atoms with Crippen molar-refractivity contribution < 1.29 is 9.90 Å². The van der Waals surface area contributed by atoms with Crippen molar-refractivity contribution in [1.29, 1.82) is 0 Å². The molecule has 0 amide bonds. The Morgan fingerprint density at radius 2 is 2.33 bits per heavy atom. The Kier molecular flexibility index (Phi) is 2.17. The molecule has 0 saturated carbocycles. The summed E-state index contributed by atoms with van der Waals surface area (Å²) in [5.74, 6) is -1.02. The van der Waals surface area contributed by atoms with Gasteiger partial charge in [0.1, 0.15) is 17.6 Å². The lowest BCUT2D eigenvalue weighted by molar-refractivity contribution is 0.0697. The van der Waals surface area contributed by atoms with E-state index in [2.05, 4.69) is 15.1 Å². The molecule has 0 spiro atoms. The summed E-state index contributed by atoms with van der Waals surface area (Å²) in [5, 5.41) is 12.8. The molecule has 6 heteroatoms. The van der Waals surface area contributed by atoms with Crippen LogP contribution in [0.3, 0.4) is 0 Å². The third kappa shape index (κ3) is 1.56. The molecule has 0 fully saturated rings. The molecule has 0 aliphatic carbocycles. The topological polar surface area (TPSA) is 80.9 Å². The quantitative estimate of drug-likeness (QED) is 0.773. The fraction of sp³-hybridized carbons (Fsp3) is 0.111. The first-order valence-electron chi connectivity index (χ1n) is 4.22. The van der Waals surface area contributed by atoms with Crippen molar-refractivity contribution >= 4 is 5.97 Å². The number of aryl methyl sites for hydroxylation is 1. The van der Waals surface area contributed by atoms with Crippen LogP contribution >= 0.6 is 0 Å². The first-order valence-corrected chi connectivity index (χ1v) is 4.22. The molecule has 2 rings (SSSR count).